The Balaban J connectivity index is 2.60. The number of aromatic nitrogens is 1. The van der Waals surface area contributed by atoms with Crippen molar-refractivity contribution in [1.29, 1.82) is 0 Å². The normalized spacial score (nSPS) is 13.6. The number of rotatable bonds is 6. The molecule has 0 aliphatic rings. The molecule has 1 heterocycles. The summed E-state index contributed by atoms with van der Waals surface area (Å²) < 4.78 is 36.6. The second-order valence-electron chi connectivity index (χ2n) is 4.16. The van der Waals surface area contributed by atoms with Crippen molar-refractivity contribution in [2.24, 2.45) is 0 Å². The summed E-state index contributed by atoms with van der Waals surface area (Å²) in [5.74, 6) is 0.382. The highest BCUT2D eigenvalue weighted by Gasteiger charge is 2.28. The summed E-state index contributed by atoms with van der Waals surface area (Å²) in [7, 11) is 0. The van der Waals surface area contributed by atoms with Gasteiger partial charge in [0.2, 0.25) is 0 Å². The first-order valence-corrected chi connectivity index (χ1v) is 5.92. The predicted octanol–water partition coefficient (Wildman–Crippen LogP) is 2.53. The van der Waals surface area contributed by atoms with E-state index < -0.39 is 12.6 Å². The molecule has 0 aromatic carbocycles. The summed E-state index contributed by atoms with van der Waals surface area (Å²) in [5, 5.41) is 3.05. The van der Waals surface area contributed by atoms with Crippen molar-refractivity contribution in [2.45, 2.75) is 38.4 Å². The first-order valence-electron chi connectivity index (χ1n) is 5.92. The highest BCUT2D eigenvalue weighted by molar-refractivity contribution is 5.38. The monoisotopic (exact) mass is 261 g/mol. The van der Waals surface area contributed by atoms with E-state index in [1.54, 1.807) is 18.3 Å². The van der Waals surface area contributed by atoms with E-state index in [-0.39, 0.29) is 12.5 Å². The summed E-state index contributed by atoms with van der Waals surface area (Å²) >= 11 is 0. The van der Waals surface area contributed by atoms with Gasteiger partial charge in [0, 0.05) is 18.7 Å². The van der Waals surface area contributed by atoms with Gasteiger partial charge in [-0.2, -0.15) is 13.2 Å². The van der Waals surface area contributed by atoms with Crippen LogP contribution in [0.15, 0.2) is 18.3 Å². The van der Waals surface area contributed by atoms with Gasteiger partial charge in [0.1, 0.15) is 5.82 Å². The van der Waals surface area contributed by atoms with E-state index in [9.17, 15) is 13.2 Å². The number of alkyl halides is 3. The molecule has 0 saturated carbocycles. The van der Waals surface area contributed by atoms with Crippen molar-refractivity contribution >= 4 is 5.82 Å². The maximum atomic E-state index is 12.2. The smallest absolute Gasteiger partial charge is 0.383 e. The molecule has 0 saturated heterocycles. The Hall–Kier alpha value is -1.30. The lowest BCUT2D eigenvalue weighted by Gasteiger charge is -2.19. The van der Waals surface area contributed by atoms with E-state index in [1.165, 1.54) is 0 Å². The van der Waals surface area contributed by atoms with E-state index >= 15 is 0 Å². The van der Waals surface area contributed by atoms with Crippen molar-refractivity contribution in [1.82, 2.24) is 10.3 Å². The molecule has 1 aromatic rings. The van der Waals surface area contributed by atoms with Crippen LogP contribution >= 0.6 is 0 Å². The second-order valence-corrected chi connectivity index (χ2v) is 4.16. The van der Waals surface area contributed by atoms with Gasteiger partial charge < -0.3 is 11.1 Å². The SMILES string of the molecule is CCNC(CCC(F)(F)F)Cc1cccnc1N. The maximum absolute atomic E-state index is 12.2. The molecule has 0 fully saturated rings. The number of nitrogen functional groups attached to an aromatic ring is 1. The van der Waals surface area contributed by atoms with Crippen LogP contribution in [0.5, 0.6) is 0 Å². The molecule has 102 valence electrons. The molecule has 1 atom stereocenters. The topological polar surface area (TPSA) is 50.9 Å². The molecule has 0 amide bonds. The average Bonchev–Trinajstić information content (AvgIpc) is 2.28. The van der Waals surface area contributed by atoms with Gasteiger partial charge in [-0.1, -0.05) is 13.0 Å². The molecule has 3 nitrogen and oxygen atoms in total. The van der Waals surface area contributed by atoms with Gasteiger partial charge in [0.15, 0.2) is 0 Å². The van der Waals surface area contributed by atoms with Crippen molar-refractivity contribution < 1.29 is 13.2 Å². The van der Waals surface area contributed by atoms with Crippen LogP contribution in [-0.2, 0) is 6.42 Å². The maximum Gasteiger partial charge on any atom is 0.389 e. The van der Waals surface area contributed by atoms with E-state index in [2.05, 4.69) is 10.3 Å². The van der Waals surface area contributed by atoms with Crippen LogP contribution < -0.4 is 11.1 Å². The molecule has 0 spiro atoms. The van der Waals surface area contributed by atoms with E-state index in [1.807, 2.05) is 6.92 Å². The van der Waals surface area contributed by atoms with Crippen LogP contribution in [-0.4, -0.2) is 23.7 Å². The predicted molar refractivity (Wildman–Crippen MR) is 65.1 cm³/mol. The summed E-state index contributed by atoms with van der Waals surface area (Å²) in [4.78, 5) is 3.93. The number of nitrogens with two attached hydrogens (primary N) is 1. The molecule has 0 radical (unpaired) electrons. The lowest BCUT2D eigenvalue weighted by molar-refractivity contribution is -0.136. The average molecular weight is 261 g/mol. The molecule has 6 heteroatoms. The van der Waals surface area contributed by atoms with Crippen LogP contribution in [0.4, 0.5) is 19.0 Å². The Labute approximate surface area is 105 Å². The number of nitrogens with zero attached hydrogens (tertiary/aromatic N) is 1. The Morgan fingerprint density at radius 2 is 2.17 bits per heavy atom. The standard InChI is InChI=1S/C12H18F3N3/c1-2-17-10(5-6-12(13,14)15)8-9-4-3-7-18-11(9)16/h3-4,7,10,17H,2,5-6,8H2,1H3,(H2,16,18). The molecular formula is C12H18F3N3. The van der Waals surface area contributed by atoms with Crippen LogP contribution in [0.25, 0.3) is 0 Å². The molecule has 1 unspecified atom stereocenters. The third-order valence-electron chi connectivity index (χ3n) is 2.66. The number of halogens is 3. The molecule has 18 heavy (non-hydrogen) atoms. The quantitative estimate of drug-likeness (QED) is 0.827. The van der Waals surface area contributed by atoms with Gasteiger partial charge in [-0.15, -0.1) is 0 Å². The van der Waals surface area contributed by atoms with Gasteiger partial charge in [-0.25, -0.2) is 4.98 Å². The third-order valence-corrected chi connectivity index (χ3v) is 2.66. The second kappa shape index (κ2) is 6.58. The zero-order valence-electron chi connectivity index (χ0n) is 10.3. The molecule has 0 aliphatic heterocycles. The lowest BCUT2D eigenvalue weighted by Crippen LogP contribution is -2.32. The minimum absolute atomic E-state index is 0.0473. The van der Waals surface area contributed by atoms with Crippen LogP contribution in [0, 0.1) is 0 Å². The van der Waals surface area contributed by atoms with Gasteiger partial charge in [0.25, 0.3) is 0 Å². The molecule has 0 aliphatic carbocycles. The first kappa shape index (κ1) is 14.8. The van der Waals surface area contributed by atoms with Crippen molar-refractivity contribution in [3.05, 3.63) is 23.9 Å². The largest absolute Gasteiger partial charge is 0.389 e. The minimum atomic E-state index is -4.12. The van der Waals surface area contributed by atoms with E-state index in [0.29, 0.717) is 18.8 Å². The Morgan fingerprint density at radius 1 is 1.44 bits per heavy atom. The van der Waals surface area contributed by atoms with Crippen LogP contribution in [0.3, 0.4) is 0 Å². The highest BCUT2D eigenvalue weighted by Crippen LogP contribution is 2.23. The van der Waals surface area contributed by atoms with Crippen molar-refractivity contribution in [2.75, 3.05) is 12.3 Å². The van der Waals surface area contributed by atoms with Crippen molar-refractivity contribution in [3.63, 3.8) is 0 Å². The molecule has 3 N–H and O–H groups in total. The number of nitrogens with one attached hydrogen (secondary N) is 1. The van der Waals surface area contributed by atoms with Gasteiger partial charge in [-0.05, 0) is 31.0 Å². The van der Waals surface area contributed by atoms with Gasteiger partial charge in [0.05, 0.1) is 0 Å². The third kappa shape index (κ3) is 5.35. The Kier molecular flexibility index (Phi) is 5.40. The fraction of sp³-hybridized carbons (Fsp3) is 0.583. The van der Waals surface area contributed by atoms with Crippen molar-refractivity contribution in [3.8, 4) is 0 Å². The lowest BCUT2D eigenvalue weighted by atomic mass is 10.0. The van der Waals surface area contributed by atoms with Crippen LogP contribution in [0.1, 0.15) is 25.3 Å². The number of anilines is 1. The Bertz CT molecular complexity index is 366. The van der Waals surface area contributed by atoms with E-state index in [4.69, 9.17) is 5.73 Å². The zero-order valence-corrected chi connectivity index (χ0v) is 10.3. The zero-order chi connectivity index (χ0) is 13.6. The number of pyridine rings is 1. The summed E-state index contributed by atoms with van der Waals surface area (Å²) in [6.45, 7) is 2.50. The highest BCUT2D eigenvalue weighted by atomic mass is 19.4. The van der Waals surface area contributed by atoms with Gasteiger partial charge >= 0.3 is 6.18 Å². The fourth-order valence-corrected chi connectivity index (χ4v) is 1.79. The number of hydrogen-bond donors (Lipinski definition) is 2. The summed E-state index contributed by atoms with van der Waals surface area (Å²) in [6, 6.07) is 3.29. The summed E-state index contributed by atoms with van der Waals surface area (Å²) in [5.41, 5.74) is 6.47. The fourth-order valence-electron chi connectivity index (χ4n) is 1.79. The van der Waals surface area contributed by atoms with Gasteiger partial charge in [-0.3, -0.25) is 0 Å². The number of hydrogen-bond acceptors (Lipinski definition) is 3. The molecule has 0 bridgehead atoms. The minimum Gasteiger partial charge on any atom is -0.383 e. The first-order chi connectivity index (χ1) is 8.42. The molecular weight excluding hydrogens is 243 g/mol. The molecule has 1 aromatic heterocycles. The number of likely N-dealkylation sites (N-methyl/N-ethyl adjacent to an activating group) is 1. The van der Waals surface area contributed by atoms with Crippen LogP contribution in [0.2, 0.25) is 0 Å². The molecule has 1 rings (SSSR count). The Morgan fingerprint density at radius 3 is 2.72 bits per heavy atom. The van der Waals surface area contributed by atoms with E-state index in [0.717, 1.165) is 5.56 Å². The summed E-state index contributed by atoms with van der Waals surface area (Å²) in [6.07, 6.45) is -2.83.